The SMILES string of the molecule is CCCN(CC1CCCCC1)C(=O)CC(CN)OC. The number of methoxy groups -OCH3 is 1. The van der Waals surface area contributed by atoms with Gasteiger partial charge in [0.2, 0.25) is 5.91 Å². The van der Waals surface area contributed by atoms with Gasteiger partial charge in [-0.25, -0.2) is 0 Å². The van der Waals surface area contributed by atoms with E-state index < -0.39 is 0 Å². The Morgan fingerprint density at radius 1 is 1.37 bits per heavy atom. The molecule has 0 spiro atoms. The first-order valence-electron chi connectivity index (χ1n) is 7.71. The van der Waals surface area contributed by atoms with Gasteiger partial charge in [-0.05, 0) is 25.2 Å². The van der Waals surface area contributed by atoms with Crippen LogP contribution in [0.4, 0.5) is 0 Å². The predicted octanol–water partition coefficient (Wildman–Crippen LogP) is 2.17. The zero-order valence-corrected chi connectivity index (χ0v) is 12.6. The van der Waals surface area contributed by atoms with Gasteiger partial charge in [0.05, 0.1) is 12.5 Å². The fourth-order valence-corrected chi connectivity index (χ4v) is 2.86. The van der Waals surface area contributed by atoms with Crippen molar-refractivity contribution in [3.05, 3.63) is 0 Å². The molecule has 112 valence electrons. The molecule has 0 aromatic rings. The topological polar surface area (TPSA) is 55.6 Å². The number of nitrogens with zero attached hydrogens (tertiary/aromatic N) is 1. The van der Waals surface area contributed by atoms with Crippen LogP contribution in [0.2, 0.25) is 0 Å². The molecule has 2 N–H and O–H groups in total. The van der Waals surface area contributed by atoms with E-state index in [2.05, 4.69) is 6.92 Å². The molecule has 1 fully saturated rings. The quantitative estimate of drug-likeness (QED) is 0.735. The van der Waals surface area contributed by atoms with Gasteiger partial charge in [0, 0.05) is 26.7 Å². The lowest BCUT2D eigenvalue weighted by molar-refractivity contribution is -0.134. The van der Waals surface area contributed by atoms with Crippen LogP contribution in [-0.4, -0.2) is 43.7 Å². The summed E-state index contributed by atoms with van der Waals surface area (Å²) in [6.07, 6.45) is 7.84. The molecule has 1 atom stereocenters. The highest BCUT2D eigenvalue weighted by atomic mass is 16.5. The van der Waals surface area contributed by atoms with E-state index in [0.29, 0.717) is 18.9 Å². The Morgan fingerprint density at radius 3 is 2.58 bits per heavy atom. The fourth-order valence-electron chi connectivity index (χ4n) is 2.86. The van der Waals surface area contributed by atoms with Crippen LogP contribution in [0.3, 0.4) is 0 Å². The Balaban J connectivity index is 2.47. The van der Waals surface area contributed by atoms with E-state index in [1.807, 2.05) is 4.90 Å². The van der Waals surface area contributed by atoms with Gasteiger partial charge in [-0.1, -0.05) is 26.2 Å². The molecule has 0 heterocycles. The summed E-state index contributed by atoms with van der Waals surface area (Å²) in [4.78, 5) is 14.4. The second kappa shape index (κ2) is 9.32. The highest BCUT2D eigenvalue weighted by Gasteiger charge is 2.22. The second-order valence-corrected chi connectivity index (χ2v) is 5.64. The zero-order chi connectivity index (χ0) is 14.1. The number of nitrogens with two attached hydrogens (primary N) is 1. The summed E-state index contributed by atoms with van der Waals surface area (Å²) in [6.45, 7) is 4.31. The minimum absolute atomic E-state index is 0.141. The van der Waals surface area contributed by atoms with Gasteiger partial charge in [0.15, 0.2) is 0 Å². The number of amides is 1. The minimum Gasteiger partial charge on any atom is -0.380 e. The maximum absolute atomic E-state index is 12.3. The Bertz CT molecular complexity index is 249. The molecule has 1 aliphatic rings. The number of hydrogen-bond donors (Lipinski definition) is 1. The van der Waals surface area contributed by atoms with E-state index in [0.717, 1.165) is 19.5 Å². The molecule has 19 heavy (non-hydrogen) atoms. The Labute approximate surface area is 117 Å². The lowest BCUT2D eigenvalue weighted by atomic mass is 9.89. The number of carbonyl (C=O) groups is 1. The van der Waals surface area contributed by atoms with Crippen LogP contribution in [0, 0.1) is 5.92 Å². The Kier molecular flexibility index (Phi) is 8.07. The average Bonchev–Trinajstić information content (AvgIpc) is 2.45. The van der Waals surface area contributed by atoms with Gasteiger partial charge in [0.25, 0.3) is 0 Å². The van der Waals surface area contributed by atoms with Gasteiger partial charge in [0.1, 0.15) is 0 Å². The number of hydrogen-bond acceptors (Lipinski definition) is 3. The van der Waals surface area contributed by atoms with Crippen molar-refractivity contribution in [1.82, 2.24) is 4.90 Å². The molecular formula is C15H30N2O2. The summed E-state index contributed by atoms with van der Waals surface area (Å²) in [5, 5.41) is 0. The molecule has 0 saturated heterocycles. The number of rotatable bonds is 8. The summed E-state index contributed by atoms with van der Waals surface area (Å²) in [6, 6.07) is 0. The summed E-state index contributed by atoms with van der Waals surface area (Å²) in [5.41, 5.74) is 5.59. The minimum atomic E-state index is -0.141. The lowest BCUT2D eigenvalue weighted by Gasteiger charge is -2.30. The van der Waals surface area contributed by atoms with Gasteiger partial charge < -0.3 is 15.4 Å². The summed E-state index contributed by atoms with van der Waals surface area (Å²) >= 11 is 0. The Morgan fingerprint density at radius 2 is 2.05 bits per heavy atom. The van der Waals surface area contributed by atoms with Crippen molar-refractivity contribution in [3.63, 3.8) is 0 Å². The summed E-state index contributed by atoms with van der Waals surface area (Å²) < 4.78 is 5.22. The van der Waals surface area contributed by atoms with Crippen molar-refractivity contribution in [2.75, 3.05) is 26.7 Å². The van der Waals surface area contributed by atoms with Crippen LogP contribution >= 0.6 is 0 Å². The van der Waals surface area contributed by atoms with Crippen molar-refractivity contribution >= 4 is 5.91 Å². The highest BCUT2D eigenvalue weighted by Crippen LogP contribution is 2.24. The molecule has 0 radical (unpaired) electrons. The molecule has 1 aliphatic carbocycles. The molecule has 1 unspecified atom stereocenters. The van der Waals surface area contributed by atoms with E-state index in [9.17, 15) is 4.79 Å². The van der Waals surface area contributed by atoms with Gasteiger partial charge in [-0.15, -0.1) is 0 Å². The monoisotopic (exact) mass is 270 g/mol. The molecule has 1 saturated carbocycles. The third-order valence-corrected chi connectivity index (χ3v) is 4.05. The van der Waals surface area contributed by atoms with Gasteiger partial charge in [-0.3, -0.25) is 4.79 Å². The van der Waals surface area contributed by atoms with Crippen molar-refractivity contribution in [2.45, 2.75) is 58.0 Å². The predicted molar refractivity (Wildman–Crippen MR) is 77.9 cm³/mol. The lowest BCUT2D eigenvalue weighted by Crippen LogP contribution is -2.39. The van der Waals surface area contributed by atoms with E-state index >= 15 is 0 Å². The van der Waals surface area contributed by atoms with Crippen LogP contribution in [0.15, 0.2) is 0 Å². The van der Waals surface area contributed by atoms with Crippen LogP contribution in [-0.2, 0) is 9.53 Å². The molecule has 1 rings (SSSR count). The average molecular weight is 270 g/mol. The largest absolute Gasteiger partial charge is 0.380 e. The molecule has 4 nitrogen and oxygen atoms in total. The zero-order valence-electron chi connectivity index (χ0n) is 12.6. The van der Waals surface area contributed by atoms with Crippen LogP contribution in [0.1, 0.15) is 51.9 Å². The van der Waals surface area contributed by atoms with Crippen molar-refractivity contribution in [2.24, 2.45) is 11.7 Å². The third-order valence-electron chi connectivity index (χ3n) is 4.05. The maximum Gasteiger partial charge on any atom is 0.225 e. The first kappa shape index (κ1) is 16.4. The molecular weight excluding hydrogens is 240 g/mol. The molecule has 1 amide bonds. The summed E-state index contributed by atoms with van der Waals surface area (Å²) in [7, 11) is 1.62. The fraction of sp³-hybridized carbons (Fsp3) is 0.933. The number of ether oxygens (including phenoxy) is 1. The first-order chi connectivity index (χ1) is 9.21. The van der Waals surface area contributed by atoms with Gasteiger partial charge in [-0.2, -0.15) is 0 Å². The van der Waals surface area contributed by atoms with Crippen LogP contribution in [0.25, 0.3) is 0 Å². The van der Waals surface area contributed by atoms with Crippen LogP contribution < -0.4 is 5.73 Å². The second-order valence-electron chi connectivity index (χ2n) is 5.64. The van der Waals surface area contributed by atoms with Crippen molar-refractivity contribution < 1.29 is 9.53 Å². The van der Waals surface area contributed by atoms with Crippen molar-refractivity contribution in [1.29, 1.82) is 0 Å². The van der Waals surface area contributed by atoms with Crippen LogP contribution in [0.5, 0.6) is 0 Å². The van der Waals surface area contributed by atoms with E-state index in [4.69, 9.17) is 10.5 Å². The Hall–Kier alpha value is -0.610. The third kappa shape index (κ3) is 5.91. The van der Waals surface area contributed by atoms with Gasteiger partial charge >= 0.3 is 0 Å². The highest BCUT2D eigenvalue weighted by molar-refractivity contribution is 5.76. The number of carbonyl (C=O) groups excluding carboxylic acids is 1. The van der Waals surface area contributed by atoms with E-state index in [1.54, 1.807) is 7.11 Å². The van der Waals surface area contributed by atoms with Crippen molar-refractivity contribution in [3.8, 4) is 0 Å². The van der Waals surface area contributed by atoms with E-state index in [1.165, 1.54) is 32.1 Å². The molecule has 0 aromatic heterocycles. The molecule has 4 heteroatoms. The standard InChI is InChI=1S/C15H30N2O2/c1-3-9-17(12-13-7-5-4-6-8-13)15(18)10-14(11-16)19-2/h13-14H,3-12,16H2,1-2H3. The molecule has 0 aromatic carbocycles. The van der Waals surface area contributed by atoms with E-state index in [-0.39, 0.29) is 12.0 Å². The first-order valence-corrected chi connectivity index (χ1v) is 7.71. The smallest absolute Gasteiger partial charge is 0.225 e. The summed E-state index contributed by atoms with van der Waals surface area (Å²) in [5.74, 6) is 0.896. The maximum atomic E-state index is 12.3. The normalized spacial score (nSPS) is 18.3. The molecule has 0 aliphatic heterocycles. The molecule has 0 bridgehead atoms.